The topological polar surface area (TPSA) is 72.2 Å². The fraction of sp³-hybridized carbons (Fsp3) is 0.273. The minimum atomic E-state index is -4.51. The van der Waals surface area contributed by atoms with Crippen molar-refractivity contribution in [1.82, 2.24) is 0 Å². The van der Waals surface area contributed by atoms with Crippen LogP contribution in [0.25, 0.3) is 0 Å². The summed E-state index contributed by atoms with van der Waals surface area (Å²) >= 11 is 0. The van der Waals surface area contributed by atoms with Crippen molar-refractivity contribution < 1.29 is 17.2 Å². The Kier molecular flexibility index (Phi) is 5.24. The molecule has 0 saturated heterocycles. The maximum absolute atomic E-state index is 12.3. The quantitative estimate of drug-likeness (QED) is 0.774. The Morgan fingerprint density at radius 2 is 1.83 bits per heavy atom. The van der Waals surface area contributed by atoms with E-state index < -0.39 is 15.6 Å². The van der Waals surface area contributed by atoms with Crippen molar-refractivity contribution in [2.45, 2.75) is 10.7 Å². The lowest BCUT2D eigenvalue weighted by Crippen LogP contribution is -2.11. The van der Waals surface area contributed by atoms with E-state index in [9.17, 15) is 17.2 Å². The Morgan fingerprint density at radius 3 is 2.33 bits per heavy atom. The molecule has 0 aliphatic rings. The van der Waals surface area contributed by atoms with Gasteiger partial charge in [-0.15, -0.1) is 0 Å². The number of nitrogens with one attached hydrogen (secondary N) is 1. The number of alkyl halides is 2. The average molecular weight is 276 g/mol. The highest BCUT2D eigenvalue weighted by Gasteiger charge is 2.26. The first-order valence-corrected chi connectivity index (χ1v) is 6.74. The molecule has 0 spiro atoms. The summed E-state index contributed by atoms with van der Waals surface area (Å²) < 4.78 is 46.8. The number of hydrogen-bond acceptors (Lipinski definition) is 4. The highest BCUT2D eigenvalue weighted by molar-refractivity contribution is 7.91. The SMILES string of the molecule is NC/C=C/CNc1ccc(S(=O)(=O)C(F)F)cc1. The van der Waals surface area contributed by atoms with Crippen LogP contribution in [0.1, 0.15) is 0 Å². The molecular weight excluding hydrogens is 262 g/mol. The second kappa shape index (κ2) is 6.46. The maximum Gasteiger partial charge on any atom is 0.341 e. The number of nitrogens with two attached hydrogens (primary N) is 1. The molecular formula is C11H14F2N2O2S. The van der Waals surface area contributed by atoms with Crippen molar-refractivity contribution in [3.63, 3.8) is 0 Å². The van der Waals surface area contributed by atoms with Crippen molar-refractivity contribution in [2.24, 2.45) is 5.73 Å². The molecule has 1 aromatic carbocycles. The second-order valence-corrected chi connectivity index (χ2v) is 5.34. The standard InChI is InChI=1S/C11H14F2N2O2S/c12-11(13)18(16,17)10-5-3-9(4-6-10)15-8-2-1-7-14/h1-6,11,15H,7-8,14H2/b2-1+. The van der Waals surface area contributed by atoms with Gasteiger partial charge in [0.25, 0.3) is 0 Å². The van der Waals surface area contributed by atoms with Gasteiger partial charge in [0.15, 0.2) is 0 Å². The van der Waals surface area contributed by atoms with E-state index in [2.05, 4.69) is 5.32 Å². The van der Waals surface area contributed by atoms with Gasteiger partial charge in [-0.1, -0.05) is 12.2 Å². The Balaban J connectivity index is 2.72. The number of anilines is 1. The number of hydrogen-bond donors (Lipinski definition) is 2. The molecule has 0 heterocycles. The lowest BCUT2D eigenvalue weighted by atomic mass is 10.3. The molecule has 0 fully saturated rings. The van der Waals surface area contributed by atoms with E-state index in [0.717, 1.165) is 12.1 Å². The smallest absolute Gasteiger partial charge is 0.341 e. The molecule has 1 aromatic rings. The summed E-state index contributed by atoms with van der Waals surface area (Å²) in [6.07, 6.45) is 3.58. The third-order valence-electron chi connectivity index (χ3n) is 2.14. The molecule has 1 rings (SSSR count). The van der Waals surface area contributed by atoms with Crippen molar-refractivity contribution >= 4 is 15.5 Å². The Morgan fingerprint density at radius 1 is 1.22 bits per heavy atom. The molecule has 0 aromatic heterocycles. The first-order chi connectivity index (χ1) is 8.48. The number of rotatable bonds is 6. The van der Waals surface area contributed by atoms with Crippen LogP contribution < -0.4 is 11.1 Å². The van der Waals surface area contributed by atoms with Gasteiger partial charge in [0.05, 0.1) is 4.90 Å². The molecule has 0 bridgehead atoms. The zero-order valence-electron chi connectivity index (χ0n) is 9.51. The minimum absolute atomic E-state index is 0.388. The van der Waals surface area contributed by atoms with Gasteiger partial charge < -0.3 is 11.1 Å². The van der Waals surface area contributed by atoms with Crippen LogP contribution in [0.5, 0.6) is 0 Å². The lowest BCUT2D eigenvalue weighted by Gasteiger charge is -2.06. The van der Waals surface area contributed by atoms with Crippen LogP contribution in [0, 0.1) is 0 Å². The van der Waals surface area contributed by atoms with E-state index in [-0.39, 0.29) is 4.90 Å². The Labute approximate surface area is 104 Å². The summed E-state index contributed by atoms with van der Waals surface area (Å²) in [5.41, 5.74) is 5.90. The Bertz CT molecular complexity index is 498. The second-order valence-electron chi connectivity index (χ2n) is 3.42. The van der Waals surface area contributed by atoms with Gasteiger partial charge in [-0.25, -0.2) is 8.42 Å². The van der Waals surface area contributed by atoms with E-state index in [1.807, 2.05) is 6.08 Å². The van der Waals surface area contributed by atoms with Crippen LogP contribution in [-0.4, -0.2) is 27.3 Å². The molecule has 0 atom stereocenters. The Hall–Kier alpha value is -1.47. The molecule has 0 amide bonds. The zero-order chi connectivity index (χ0) is 13.6. The fourth-order valence-corrected chi connectivity index (χ4v) is 1.94. The van der Waals surface area contributed by atoms with E-state index in [0.29, 0.717) is 18.8 Å². The molecule has 0 aliphatic carbocycles. The average Bonchev–Trinajstić information content (AvgIpc) is 2.35. The highest BCUT2D eigenvalue weighted by Crippen LogP contribution is 2.20. The molecule has 0 aliphatic heterocycles. The highest BCUT2D eigenvalue weighted by atomic mass is 32.2. The predicted octanol–water partition coefficient (Wildman–Crippen LogP) is 1.61. The van der Waals surface area contributed by atoms with E-state index in [1.165, 1.54) is 12.1 Å². The third-order valence-corrected chi connectivity index (χ3v) is 3.54. The van der Waals surface area contributed by atoms with Gasteiger partial charge in [0.1, 0.15) is 0 Å². The van der Waals surface area contributed by atoms with Crippen LogP contribution in [0.3, 0.4) is 0 Å². The molecule has 4 nitrogen and oxygen atoms in total. The van der Waals surface area contributed by atoms with Crippen molar-refractivity contribution in [3.8, 4) is 0 Å². The zero-order valence-corrected chi connectivity index (χ0v) is 10.3. The van der Waals surface area contributed by atoms with E-state index in [1.54, 1.807) is 6.08 Å². The third kappa shape index (κ3) is 3.78. The van der Waals surface area contributed by atoms with Crippen LogP contribution in [0.2, 0.25) is 0 Å². The number of benzene rings is 1. The molecule has 0 saturated carbocycles. The first kappa shape index (κ1) is 14.6. The van der Waals surface area contributed by atoms with Gasteiger partial charge in [-0.3, -0.25) is 0 Å². The molecule has 18 heavy (non-hydrogen) atoms. The summed E-state index contributed by atoms with van der Waals surface area (Å²) in [6.45, 7) is 0.964. The summed E-state index contributed by atoms with van der Waals surface area (Å²) in [7, 11) is -4.51. The maximum atomic E-state index is 12.3. The van der Waals surface area contributed by atoms with E-state index in [4.69, 9.17) is 5.73 Å². The molecule has 3 N–H and O–H groups in total. The van der Waals surface area contributed by atoms with Gasteiger partial charge in [-0.05, 0) is 24.3 Å². The summed E-state index contributed by atoms with van der Waals surface area (Å²) in [5.74, 6) is -3.40. The number of sulfone groups is 1. The summed E-state index contributed by atoms with van der Waals surface area (Å²) in [6, 6.07) is 5.17. The van der Waals surface area contributed by atoms with Crippen LogP contribution in [0.4, 0.5) is 14.5 Å². The molecule has 100 valence electrons. The fourth-order valence-electron chi connectivity index (χ4n) is 1.22. The van der Waals surface area contributed by atoms with Crippen LogP contribution >= 0.6 is 0 Å². The monoisotopic (exact) mass is 276 g/mol. The van der Waals surface area contributed by atoms with Gasteiger partial charge in [-0.2, -0.15) is 8.78 Å². The number of halogens is 2. The van der Waals surface area contributed by atoms with Crippen LogP contribution in [-0.2, 0) is 9.84 Å². The van der Waals surface area contributed by atoms with E-state index >= 15 is 0 Å². The molecule has 0 radical (unpaired) electrons. The van der Waals surface area contributed by atoms with Gasteiger partial charge in [0, 0.05) is 18.8 Å². The van der Waals surface area contributed by atoms with Gasteiger partial charge >= 0.3 is 5.76 Å². The summed E-state index contributed by atoms with van der Waals surface area (Å²) in [4.78, 5) is -0.388. The minimum Gasteiger partial charge on any atom is -0.382 e. The largest absolute Gasteiger partial charge is 0.382 e. The molecule has 7 heteroatoms. The van der Waals surface area contributed by atoms with Crippen molar-refractivity contribution in [2.75, 3.05) is 18.4 Å². The molecule has 0 unspecified atom stereocenters. The van der Waals surface area contributed by atoms with Crippen LogP contribution in [0.15, 0.2) is 41.3 Å². The van der Waals surface area contributed by atoms with Crippen molar-refractivity contribution in [1.29, 1.82) is 0 Å². The van der Waals surface area contributed by atoms with Crippen molar-refractivity contribution in [3.05, 3.63) is 36.4 Å². The van der Waals surface area contributed by atoms with Gasteiger partial charge in [0.2, 0.25) is 9.84 Å². The lowest BCUT2D eigenvalue weighted by molar-refractivity contribution is 0.234. The predicted molar refractivity (Wildman–Crippen MR) is 66.3 cm³/mol. The normalized spacial score (nSPS) is 12.2. The first-order valence-electron chi connectivity index (χ1n) is 5.19. The summed E-state index contributed by atoms with van der Waals surface area (Å²) in [5, 5.41) is 2.96.